The van der Waals surface area contributed by atoms with Crippen LogP contribution in [0.3, 0.4) is 0 Å². The zero-order valence-corrected chi connectivity index (χ0v) is 10.3. The molecule has 1 aliphatic rings. The fraction of sp³-hybridized carbons (Fsp3) is 1.00. The molecule has 0 spiro atoms. The second-order valence-electron chi connectivity index (χ2n) is 2.59. The number of hydrogen-bond donors (Lipinski definition) is 4. The normalized spacial score (nSPS) is 22.1. The quantitative estimate of drug-likeness (QED) is 0.410. The van der Waals surface area contributed by atoms with Crippen molar-refractivity contribution in [3.05, 3.63) is 0 Å². The summed E-state index contributed by atoms with van der Waals surface area (Å²) in [5.41, 5.74) is 3.58. The molecule has 1 fully saturated rings. The Balaban J connectivity index is 0.000000226. The second kappa shape index (κ2) is 8.17. The second-order valence-corrected chi connectivity index (χ2v) is 7.86. The Bertz CT molecular complexity index is 145. The summed E-state index contributed by atoms with van der Waals surface area (Å²) in [5, 5.41) is 0. The standard InChI is InChI=1S/C5H12N2.CH5O2PS2/c1-2-4-6-7-5-3-1;1-3-4(2,5)6/h6-7H,1-5H2;1H3,(H2,2,5,6). The maximum absolute atomic E-state index is 8.39. The van der Waals surface area contributed by atoms with Gasteiger partial charge in [-0.25, -0.2) is 0 Å². The van der Waals surface area contributed by atoms with Crippen molar-refractivity contribution in [3.8, 4) is 0 Å². The molecule has 1 heterocycles. The summed E-state index contributed by atoms with van der Waals surface area (Å²) in [6.45, 7) is 2.28. The van der Waals surface area contributed by atoms with Crippen LogP contribution >= 0.6 is 17.9 Å². The van der Waals surface area contributed by atoms with Gasteiger partial charge in [0.15, 0.2) is 0 Å². The van der Waals surface area contributed by atoms with E-state index in [1.807, 2.05) is 0 Å². The summed E-state index contributed by atoms with van der Waals surface area (Å²) in [5.74, 6) is 0. The van der Waals surface area contributed by atoms with Crippen LogP contribution in [0.2, 0.25) is 0 Å². The number of thiol groups is 1. The lowest BCUT2D eigenvalue weighted by atomic mass is 10.2. The molecule has 4 nitrogen and oxygen atoms in total. The molecule has 3 N–H and O–H groups in total. The first-order valence-corrected chi connectivity index (χ1v) is 7.96. The minimum Gasteiger partial charge on any atom is -0.338 e. The summed E-state index contributed by atoms with van der Waals surface area (Å²) in [6.07, 6.45) is 4.03. The Morgan fingerprint density at radius 1 is 1.31 bits per heavy atom. The molecule has 0 amide bonds. The fourth-order valence-corrected chi connectivity index (χ4v) is 0.780. The van der Waals surface area contributed by atoms with Crippen molar-refractivity contribution in [2.45, 2.75) is 19.3 Å². The van der Waals surface area contributed by atoms with Gasteiger partial charge in [-0.1, -0.05) is 18.7 Å². The Hall–Kier alpha value is 0.840. The van der Waals surface area contributed by atoms with Crippen molar-refractivity contribution in [2.24, 2.45) is 0 Å². The largest absolute Gasteiger partial charge is 0.338 e. The van der Waals surface area contributed by atoms with Crippen molar-refractivity contribution < 1.29 is 9.42 Å². The molecule has 1 atom stereocenters. The van der Waals surface area contributed by atoms with Gasteiger partial charge in [0.05, 0.1) is 0 Å². The average molecular weight is 244 g/mol. The van der Waals surface area contributed by atoms with E-state index < -0.39 is 5.69 Å². The first-order valence-electron chi connectivity index (χ1n) is 4.13. The molecule has 7 heteroatoms. The predicted octanol–water partition coefficient (Wildman–Crippen LogP) is 1.04. The molecule has 0 saturated carbocycles. The summed E-state index contributed by atoms with van der Waals surface area (Å²) in [4.78, 5) is 8.39. The molecule has 1 saturated heterocycles. The van der Waals surface area contributed by atoms with Crippen LogP contribution in [0, 0.1) is 0 Å². The van der Waals surface area contributed by atoms with E-state index in [1.54, 1.807) is 0 Å². The first kappa shape index (κ1) is 13.8. The van der Waals surface area contributed by atoms with E-state index in [-0.39, 0.29) is 0 Å². The number of rotatable bonds is 1. The minimum atomic E-state index is -2.62. The third-order valence-electron chi connectivity index (χ3n) is 1.47. The van der Waals surface area contributed by atoms with E-state index in [4.69, 9.17) is 4.89 Å². The zero-order chi connectivity index (χ0) is 10.2. The Morgan fingerprint density at radius 2 is 1.69 bits per heavy atom. The molecule has 0 aromatic rings. The van der Waals surface area contributed by atoms with Crippen LogP contribution < -0.4 is 10.9 Å². The fourth-order valence-electron chi connectivity index (χ4n) is 0.780. The van der Waals surface area contributed by atoms with Crippen molar-refractivity contribution >= 4 is 29.7 Å². The molecular formula is C6H17N2O2PS2. The highest BCUT2D eigenvalue weighted by molar-refractivity contribution is 8.59. The van der Waals surface area contributed by atoms with Crippen molar-refractivity contribution in [1.29, 1.82) is 0 Å². The highest BCUT2D eigenvalue weighted by atomic mass is 32.9. The lowest BCUT2D eigenvalue weighted by Crippen LogP contribution is -2.30. The summed E-state index contributed by atoms with van der Waals surface area (Å²) in [7, 11) is 1.33. The molecule has 0 aromatic heterocycles. The maximum Gasteiger partial charge on any atom is 0.241 e. The third-order valence-corrected chi connectivity index (χ3v) is 2.88. The number of hydrazine groups is 1. The lowest BCUT2D eigenvalue weighted by molar-refractivity contribution is 0.405. The summed E-state index contributed by atoms with van der Waals surface area (Å²) >= 11 is 7.81. The van der Waals surface area contributed by atoms with E-state index >= 15 is 0 Å². The van der Waals surface area contributed by atoms with Crippen LogP contribution in [0.15, 0.2) is 0 Å². The Labute approximate surface area is 89.7 Å². The lowest BCUT2D eigenvalue weighted by Gasteiger charge is -1.99. The molecule has 13 heavy (non-hydrogen) atoms. The van der Waals surface area contributed by atoms with Crippen LogP contribution in [0.25, 0.3) is 0 Å². The van der Waals surface area contributed by atoms with Crippen molar-refractivity contribution in [3.63, 3.8) is 0 Å². The van der Waals surface area contributed by atoms with Crippen LogP contribution in [-0.2, 0) is 16.3 Å². The molecule has 0 aliphatic carbocycles. The van der Waals surface area contributed by atoms with Gasteiger partial charge in [0, 0.05) is 20.2 Å². The van der Waals surface area contributed by atoms with E-state index in [9.17, 15) is 0 Å². The molecule has 1 rings (SSSR count). The minimum absolute atomic E-state index is 1.14. The molecule has 1 unspecified atom stereocenters. The van der Waals surface area contributed by atoms with Gasteiger partial charge < -0.3 is 9.42 Å². The van der Waals surface area contributed by atoms with E-state index in [2.05, 4.69) is 39.4 Å². The highest BCUT2D eigenvalue weighted by Crippen LogP contribution is 2.45. The topological polar surface area (TPSA) is 53.5 Å². The van der Waals surface area contributed by atoms with Gasteiger partial charge in [-0.05, 0) is 24.6 Å². The van der Waals surface area contributed by atoms with Gasteiger partial charge in [-0.15, -0.1) is 0 Å². The van der Waals surface area contributed by atoms with Crippen LogP contribution in [0.4, 0.5) is 0 Å². The van der Waals surface area contributed by atoms with Gasteiger partial charge in [0.25, 0.3) is 0 Å². The maximum atomic E-state index is 8.39. The Morgan fingerprint density at radius 3 is 2.00 bits per heavy atom. The molecule has 0 aromatic carbocycles. The smallest absolute Gasteiger partial charge is 0.241 e. The SMILES string of the molecule is C1CCNNCC1.COP(O)(=S)S. The van der Waals surface area contributed by atoms with Crippen molar-refractivity contribution in [1.82, 2.24) is 10.9 Å². The van der Waals surface area contributed by atoms with E-state index in [0.717, 1.165) is 13.1 Å². The molecule has 1 aliphatic heterocycles. The number of hydrogen-bond acceptors (Lipinski definition) is 4. The van der Waals surface area contributed by atoms with Crippen LogP contribution in [0.5, 0.6) is 0 Å². The van der Waals surface area contributed by atoms with Gasteiger partial charge in [-0.2, -0.15) is 0 Å². The van der Waals surface area contributed by atoms with Gasteiger partial charge in [-0.3, -0.25) is 10.9 Å². The van der Waals surface area contributed by atoms with Gasteiger partial charge in [0.2, 0.25) is 5.69 Å². The third kappa shape index (κ3) is 12.8. The predicted molar refractivity (Wildman–Crippen MR) is 62.4 cm³/mol. The number of nitrogens with one attached hydrogen (secondary N) is 2. The summed E-state index contributed by atoms with van der Waals surface area (Å²) in [6, 6.07) is 0. The van der Waals surface area contributed by atoms with Gasteiger partial charge >= 0.3 is 0 Å². The highest BCUT2D eigenvalue weighted by Gasteiger charge is 1.97. The van der Waals surface area contributed by atoms with Gasteiger partial charge in [0.1, 0.15) is 0 Å². The Kier molecular flexibility index (Phi) is 8.70. The monoisotopic (exact) mass is 244 g/mol. The van der Waals surface area contributed by atoms with E-state index in [1.165, 1.54) is 26.4 Å². The van der Waals surface area contributed by atoms with Crippen LogP contribution in [-0.4, -0.2) is 25.1 Å². The molecule has 0 bridgehead atoms. The molecular weight excluding hydrogens is 227 g/mol. The van der Waals surface area contributed by atoms with Crippen LogP contribution in [0.1, 0.15) is 19.3 Å². The first-order chi connectivity index (χ1) is 6.06. The van der Waals surface area contributed by atoms with Crippen molar-refractivity contribution in [2.75, 3.05) is 20.2 Å². The zero-order valence-electron chi connectivity index (χ0n) is 7.69. The molecule has 0 radical (unpaired) electrons. The van der Waals surface area contributed by atoms with E-state index in [0.29, 0.717) is 0 Å². The summed E-state index contributed by atoms with van der Waals surface area (Å²) < 4.78 is 4.28. The molecule has 80 valence electrons. The average Bonchev–Trinajstić information content (AvgIpc) is 2.34.